The Balaban J connectivity index is 1.23. The second kappa shape index (κ2) is 18.8. The Morgan fingerprint density at radius 2 is 1.79 bits per heavy atom. The minimum Gasteiger partial charge on any atom is -0.493 e. The van der Waals surface area contributed by atoms with E-state index in [1.165, 1.54) is 4.90 Å². The zero-order chi connectivity index (χ0) is 40.4. The number of carbonyl (C=O) groups excluding carboxylic acids is 6. The molecule has 2 aliphatic rings. The predicted molar refractivity (Wildman–Crippen MR) is 202 cm³/mol. The van der Waals surface area contributed by atoms with Gasteiger partial charge >= 0.3 is 0 Å². The number of fused-ring (bicyclic) bond motifs is 4. The topological polar surface area (TPSA) is 216 Å². The molecule has 4 bridgehead atoms. The molecule has 56 heavy (non-hydrogen) atoms. The van der Waals surface area contributed by atoms with Gasteiger partial charge in [0.25, 0.3) is 5.91 Å². The van der Waals surface area contributed by atoms with Crippen LogP contribution >= 0.6 is 0 Å². The molecule has 5 rings (SSSR count). The van der Waals surface area contributed by atoms with Gasteiger partial charge in [0, 0.05) is 19.4 Å². The van der Waals surface area contributed by atoms with E-state index in [-0.39, 0.29) is 31.7 Å². The first-order valence-corrected chi connectivity index (χ1v) is 18.9. The van der Waals surface area contributed by atoms with Crippen LogP contribution in [0.2, 0.25) is 0 Å². The molecule has 17 heteroatoms. The lowest BCUT2D eigenvalue weighted by molar-refractivity contribution is -0.143. The van der Waals surface area contributed by atoms with Crippen molar-refractivity contribution >= 4 is 35.3 Å². The minimum atomic E-state index is -1.23. The van der Waals surface area contributed by atoms with Gasteiger partial charge in [0.05, 0.1) is 43.9 Å². The maximum atomic E-state index is 13.9. The number of amides is 5. The van der Waals surface area contributed by atoms with Gasteiger partial charge in [-0.05, 0) is 67.8 Å². The van der Waals surface area contributed by atoms with Crippen molar-refractivity contribution in [1.29, 1.82) is 0 Å². The molecule has 300 valence electrons. The van der Waals surface area contributed by atoms with Gasteiger partial charge in [-0.1, -0.05) is 55.8 Å². The molecule has 2 aliphatic heterocycles. The summed E-state index contributed by atoms with van der Waals surface area (Å²) in [4.78, 5) is 81.7. The number of hydrogen-bond donors (Lipinski definition) is 4. The highest BCUT2D eigenvalue weighted by Gasteiger charge is 2.43. The number of tetrazole rings is 1. The summed E-state index contributed by atoms with van der Waals surface area (Å²) in [5.74, 6) is -3.11. The molecule has 5 amide bonds. The lowest BCUT2D eigenvalue weighted by Gasteiger charge is -2.28. The molecule has 1 saturated heterocycles. The van der Waals surface area contributed by atoms with E-state index in [1.807, 2.05) is 51.1 Å². The highest BCUT2D eigenvalue weighted by molar-refractivity contribution is 6.38. The average molecular weight is 774 g/mol. The summed E-state index contributed by atoms with van der Waals surface area (Å²) >= 11 is 0. The Hall–Kier alpha value is -5.71. The predicted octanol–water partition coefficient (Wildman–Crippen LogP) is 1.12. The van der Waals surface area contributed by atoms with Crippen molar-refractivity contribution < 1.29 is 38.2 Å². The van der Waals surface area contributed by atoms with Crippen molar-refractivity contribution in [3.8, 4) is 5.75 Å². The van der Waals surface area contributed by atoms with E-state index >= 15 is 0 Å². The van der Waals surface area contributed by atoms with E-state index in [1.54, 1.807) is 42.8 Å². The summed E-state index contributed by atoms with van der Waals surface area (Å²) < 4.78 is 13.5. The second-order valence-corrected chi connectivity index (χ2v) is 15.0. The Morgan fingerprint density at radius 3 is 2.52 bits per heavy atom. The van der Waals surface area contributed by atoms with Crippen LogP contribution in [0.25, 0.3) is 0 Å². The monoisotopic (exact) mass is 773 g/mol. The van der Waals surface area contributed by atoms with Crippen molar-refractivity contribution in [2.45, 2.75) is 103 Å². The molecule has 0 radical (unpaired) electrons. The Bertz CT molecular complexity index is 1880. The summed E-state index contributed by atoms with van der Waals surface area (Å²) in [6.45, 7) is 9.32. The van der Waals surface area contributed by atoms with Crippen LogP contribution in [0.15, 0.2) is 54.6 Å². The molecule has 4 N–H and O–H groups in total. The smallest absolute Gasteiger partial charge is 0.290 e. The summed E-state index contributed by atoms with van der Waals surface area (Å²) in [6.07, 6.45) is 0.789. The first-order valence-electron chi connectivity index (χ1n) is 18.9. The highest BCUT2D eigenvalue weighted by atomic mass is 16.5. The molecule has 0 saturated carbocycles. The standard InChI is InChI=1S/C39H51N9O8/c1-6-12-29(34(51)37(53)40-22-32(50)43-33(26-14-8-7-9-15-26)35-44-45-46-48(35)39(3,4)5)42-36(52)30-21-28-23-47(30)38(54)24(2)41-31(49)20-25-13-10-16-27(19-25)55-17-11-18-56-28/h7-10,13-16,19,24,28-30,33H,6,11-12,17-18,20-23H2,1-5H3,(H,40,53)(H,41,49)(H,42,52)(H,43,50)/t24-,28+,29?,30-,33?/m0/s1. The van der Waals surface area contributed by atoms with E-state index in [9.17, 15) is 28.8 Å². The third-order valence-corrected chi connectivity index (χ3v) is 9.44. The Labute approximate surface area is 325 Å². The van der Waals surface area contributed by atoms with E-state index in [2.05, 4.69) is 36.8 Å². The Morgan fingerprint density at radius 1 is 1.02 bits per heavy atom. The molecular weight excluding hydrogens is 722 g/mol. The molecule has 17 nitrogen and oxygen atoms in total. The number of rotatable bonds is 11. The first kappa shape index (κ1) is 41.5. The average Bonchev–Trinajstić information content (AvgIpc) is 3.84. The number of nitrogens with one attached hydrogen (secondary N) is 4. The summed E-state index contributed by atoms with van der Waals surface area (Å²) in [5.41, 5.74) is 0.912. The van der Waals surface area contributed by atoms with Crippen LogP contribution in [0.5, 0.6) is 5.75 Å². The quantitative estimate of drug-likeness (QED) is 0.203. The fourth-order valence-corrected chi connectivity index (χ4v) is 6.68. The lowest BCUT2D eigenvalue weighted by atomic mass is 10.0. The molecule has 3 aromatic rings. The molecule has 3 heterocycles. The van der Waals surface area contributed by atoms with Gasteiger partial charge in [0.2, 0.25) is 29.4 Å². The van der Waals surface area contributed by atoms with Gasteiger partial charge in [-0.2, -0.15) is 0 Å². The summed E-state index contributed by atoms with van der Waals surface area (Å²) in [7, 11) is 0. The molecule has 2 unspecified atom stereocenters. The summed E-state index contributed by atoms with van der Waals surface area (Å²) in [6, 6.07) is 12.3. The van der Waals surface area contributed by atoms with Crippen molar-refractivity contribution in [3.05, 3.63) is 71.5 Å². The molecule has 0 aliphatic carbocycles. The molecule has 5 atom stereocenters. The van der Waals surface area contributed by atoms with Crippen LogP contribution < -0.4 is 26.0 Å². The van der Waals surface area contributed by atoms with E-state index in [4.69, 9.17) is 9.47 Å². The van der Waals surface area contributed by atoms with Crippen LogP contribution in [0, 0.1) is 0 Å². The number of nitrogens with zero attached hydrogens (tertiary/aromatic N) is 5. The molecule has 1 fully saturated rings. The van der Waals surface area contributed by atoms with Gasteiger partial charge < -0.3 is 35.6 Å². The number of carbonyl (C=O) groups is 6. The number of hydrogen-bond acceptors (Lipinski definition) is 11. The summed E-state index contributed by atoms with van der Waals surface area (Å²) in [5, 5.41) is 22.7. The minimum absolute atomic E-state index is 0.0279. The first-order chi connectivity index (χ1) is 26.7. The number of benzene rings is 2. The van der Waals surface area contributed by atoms with E-state index in [0.29, 0.717) is 48.8 Å². The third-order valence-electron chi connectivity index (χ3n) is 9.44. The maximum absolute atomic E-state index is 13.9. The van der Waals surface area contributed by atoms with Crippen LogP contribution in [0.3, 0.4) is 0 Å². The van der Waals surface area contributed by atoms with Gasteiger partial charge in [-0.15, -0.1) is 5.10 Å². The number of ketones is 1. The molecule has 1 aromatic heterocycles. The highest BCUT2D eigenvalue weighted by Crippen LogP contribution is 2.25. The number of aromatic nitrogens is 4. The van der Waals surface area contributed by atoms with Crippen LogP contribution in [0.4, 0.5) is 0 Å². The van der Waals surface area contributed by atoms with Gasteiger partial charge in [0.15, 0.2) is 5.82 Å². The van der Waals surface area contributed by atoms with Crippen molar-refractivity contribution in [3.63, 3.8) is 0 Å². The number of ether oxygens (including phenoxy) is 2. The number of Topliss-reactive ketones (excluding diaryl/α,β-unsaturated/α-hetero) is 1. The SMILES string of the molecule is CCCC(NC(=O)[C@@H]1C[C@@H]2CN1C(=O)[C@H](C)NC(=O)Cc1cccc(c1)OCCCO2)C(=O)C(=O)NCC(=O)NC(c1ccccc1)c1nnnn1C(C)(C)C. The van der Waals surface area contributed by atoms with Gasteiger partial charge in [0.1, 0.15) is 23.9 Å². The van der Waals surface area contributed by atoms with Crippen LogP contribution in [-0.4, -0.2) is 111 Å². The maximum Gasteiger partial charge on any atom is 0.290 e. The molecule has 0 spiro atoms. The van der Waals surface area contributed by atoms with Crippen LogP contribution in [0.1, 0.15) is 83.3 Å². The zero-order valence-corrected chi connectivity index (χ0v) is 32.4. The van der Waals surface area contributed by atoms with Gasteiger partial charge in [-0.25, -0.2) is 4.68 Å². The Kier molecular flexibility index (Phi) is 13.9. The van der Waals surface area contributed by atoms with Crippen molar-refractivity contribution in [2.24, 2.45) is 0 Å². The fraction of sp³-hybridized carbons (Fsp3) is 0.513. The fourth-order valence-electron chi connectivity index (χ4n) is 6.68. The van der Waals surface area contributed by atoms with E-state index < -0.39 is 71.8 Å². The lowest BCUT2D eigenvalue weighted by Crippen LogP contribution is -2.56. The van der Waals surface area contributed by atoms with E-state index in [0.717, 1.165) is 0 Å². The van der Waals surface area contributed by atoms with Crippen LogP contribution in [-0.2, 0) is 45.5 Å². The largest absolute Gasteiger partial charge is 0.493 e. The second-order valence-electron chi connectivity index (χ2n) is 15.0. The van der Waals surface area contributed by atoms with Gasteiger partial charge in [-0.3, -0.25) is 28.8 Å². The third kappa shape index (κ3) is 10.7. The zero-order valence-electron chi connectivity index (χ0n) is 32.4. The normalized spacial score (nSPS) is 20.2. The van der Waals surface area contributed by atoms with Crippen molar-refractivity contribution in [1.82, 2.24) is 46.4 Å². The molecule has 2 aromatic carbocycles. The van der Waals surface area contributed by atoms with Crippen molar-refractivity contribution in [2.75, 3.05) is 26.3 Å². The molecular formula is C39H51N9O8.